The molecule has 0 saturated carbocycles. The van der Waals surface area contributed by atoms with Crippen molar-refractivity contribution in [3.05, 3.63) is 71.3 Å². The average molecular weight is 768 g/mol. The summed E-state index contributed by atoms with van der Waals surface area (Å²) >= 11 is 0. The lowest BCUT2D eigenvalue weighted by Gasteiger charge is -2.22. The molecule has 12 N–H and O–H groups in total. The van der Waals surface area contributed by atoms with Crippen LogP contribution in [0.2, 0.25) is 0 Å². The maximum Gasteiger partial charge on any atom is 0.326 e. The van der Waals surface area contributed by atoms with E-state index in [2.05, 4.69) is 52.3 Å². The van der Waals surface area contributed by atoms with Crippen molar-refractivity contribution in [2.24, 2.45) is 11.8 Å². The van der Waals surface area contributed by atoms with Gasteiger partial charge in [-0.05, 0) is 30.2 Å². The molecule has 0 aliphatic heterocycles. The fraction of sp³-hybridized carbons (Fsp3) is 0.472. The molecule has 0 unspecified atom stereocenters. The van der Waals surface area contributed by atoms with E-state index in [0.29, 0.717) is 24.9 Å². The van der Waals surface area contributed by atoms with E-state index in [1.807, 2.05) is 27.7 Å². The molecule has 55 heavy (non-hydrogen) atoms. The molecule has 4 atom stereocenters. The molecular weight excluding hydrogens is 716 g/mol. The van der Waals surface area contributed by atoms with Gasteiger partial charge in [0, 0.05) is 19.0 Å². The molecular formula is C36H51N10O9+. The summed E-state index contributed by atoms with van der Waals surface area (Å²) in [5.41, 5.74) is 3.54. The minimum Gasteiger partial charge on any atom is -0.481 e. The number of ketones is 1. The van der Waals surface area contributed by atoms with Gasteiger partial charge in [0.2, 0.25) is 0 Å². The van der Waals surface area contributed by atoms with E-state index in [0.717, 1.165) is 12.7 Å². The lowest BCUT2D eigenvalue weighted by Crippen LogP contribution is -2.60. The molecule has 1 aromatic carbocycles. The summed E-state index contributed by atoms with van der Waals surface area (Å²) in [7, 11) is 0. The lowest BCUT2D eigenvalue weighted by atomic mass is 10.0. The second-order valence-corrected chi connectivity index (χ2v) is 13.9. The third-order valence-corrected chi connectivity index (χ3v) is 8.34. The Bertz CT molecular complexity index is 1790. The van der Waals surface area contributed by atoms with Crippen molar-refractivity contribution < 1.29 is 49.5 Å². The number of hydrogen-bond acceptors (Lipinski definition) is 10. The summed E-state index contributed by atoms with van der Waals surface area (Å²) in [6.45, 7) is 7.84. The van der Waals surface area contributed by atoms with Crippen LogP contribution in [0.15, 0.2) is 43.0 Å². The molecule has 0 radical (unpaired) electrons. The van der Waals surface area contributed by atoms with Crippen molar-refractivity contribution in [1.29, 1.82) is 0 Å². The van der Waals surface area contributed by atoms with Crippen LogP contribution < -0.4 is 32.3 Å². The Morgan fingerprint density at radius 3 is 1.71 bits per heavy atom. The third kappa shape index (κ3) is 13.8. The molecule has 298 valence electrons. The molecule has 2 heterocycles. The van der Waals surface area contributed by atoms with Gasteiger partial charge < -0.3 is 52.5 Å². The number of imidazole rings is 2. The second kappa shape index (κ2) is 21.1. The number of amides is 4. The van der Waals surface area contributed by atoms with Gasteiger partial charge in [0.25, 0.3) is 23.6 Å². The van der Waals surface area contributed by atoms with Crippen LogP contribution in [0.1, 0.15) is 94.5 Å². The fourth-order valence-corrected chi connectivity index (χ4v) is 5.79. The van der Waals surface area contributed by atoms with E-state index in [-0.39, 0.29) is 53.6 Å². The molecule has 2 aromatic heterocycles. The van der Waals surface area contributed by atoms with E-state index in [4.69, 9.17) is 0 Å². The van der Waals surface area contributed by atoms with Gasteiger partial charge in [0.1, 0.15) is 17.4 Å². The van der Waals surface area contributed by atoms with Crippen LogP contribution in [-0.4, -0.2) is 115 Å². The SMILES string of the molecule is CC(C)C[C@@H](CNCC(=O)[C@H](CC(=O)O)NC(=O)c1[nH]cnc1C(=O)N[C@H](C[NH3+])CC(C)C)NC(=O)c1nc[nH]c1C(=O)N[C@@H](Cc1ccccc1)C(=O)O. The molecule has 3 aromatic rings. The molecule has 0 bridgehead atoms. The minimum atomic E-state index is -1.48. The van der Waals surface area contributed by atoms with Crippen molar-refractivity contribution in [3.8, 4) is 0 Å². The van der Waals surface area contributed by atoms with Crippen molar-refractivity contribution >= 4 is 41.4 Å². The third-order valence-electron chi connectivity index (χ3n) is 8.34. The standard InChI is InChI=1S/C36H50N10O9/c1-19(2)10-22(14-37)43-32(50)28-30(41-17-39-28)34(52)45-24(13-27(48)49)26(47)16-38-15-23(11-20(3)4)44-33(51)29-31(42-18-40-29)35(53)46-25(36(54)55)12-21-8-6-5-7-9-21/h5-9,17-20,22-25,38H,10-16,37H2,1-4H3,(H,39,41)(H,40,42)(H,43,50)(H,44,51)(H,45,52)(H,46,53)(H,48,49)(H,54,55)/p+1/t22-,23-,24-,25-/m0/s1. The van der Waals surface area contributed by atoms with Crippen molar-refractivity contribution in [2.75, 3.05) is 19.6 Å². The van der Waals surface area contributed by atoms with Gasteiger partial charge in [-0.15, -0.1) is 0 Å². The number of aliphatic carboxylic acids is 2. The van der Waals surface area contributed by atoms with Gasteiger partial charge in [-0.3, -0.25) is 28.8 Å². The number of rotatable bonds is 23. The van der Waals surface area contributed by atoms with Gasteiger partial charge in [0.05, 0.1) is 44.2 Å². The number of carbonyl (C=O) groups is 7. The first-order valence-electron chi connectivity index (χ1n) is 17.9. The molecule has 19 heteroatoms. The minimum absolute atomic E-state index is 0.00683. The molecule has 4 amide bonds. The van der Waals surface area contributed by atoms with Crippen LogP contribution in [0, 0.1) is 11.8 Å². The monoisotopic (exact) mass is 767 g/mol. The molecule has 0 aliphatic carbocycles. The number of benzene rings is 1. The van der Waals surface area contributed by atoms with Crippen molar-refractivity contribution in [3.63, 3.8) is 0 Å². The Hall–Kier alpha value is -5.95. The van der Waals surface area contributed by atoms with Gasteiger partial charge >= 0.3 is 11.9 Å². The molecule has 0 aliphatic rings. The van der Waals surface area contributed by atoms with Crippen LogP contribution in [0.5, 0.6) is 0 Å². The summed E-state index contributed by atoms with van der Waals surface area (Å²) in [6.07, 6.45) is 2.60. The number of carboxylic acid groups (broad SMARTS) is 2. The zero-order valence-electron chi connectivity index (χ0n) is 31.3. The van der Waals surface area contributed by atoms with E-state index in [1.165, 1.54) is 0 Å². The van der Waals surface area contributed by atoms with E-state index >= 15 is 0 Å². The van der Waals surface area contributed by atoms with E-state index in [1.54, 1.807) is 30.3 Å². The number of carboxylic acids is 2. The highest BCUT2D eigenvalue weighted by molar-refractivity contribution is 6.07. The summed E-state index contributed by atoms with van der Waals surface area (Å²) in [5, 5.41) is 32.5. The first kappa shape index (κ1) is 43.5. The topological polar surface area (TPSA) is 305 Å². The molecule has 3 rings (SSSR count). The Kier molecular flexibility index (Phi) is 16.6. The quantitative estimate of drug-likeness (QED) is 0.0585. The summed E-state index contributed by atoms with van der Waals surface area (Å²) < 4.78 is 0. The maximum atomic E-state index is 13.4. The predicted molar refractivity (Wildman–Crippen MR) is 197 cm³/mol. The largest absolute Gasteiger partial charge is 0.481 e. The fourth-order valence-electron chi connectivity index (χ4n) is 5.79. The van der Waals surface area contributed by atoms with Crippen molar-refractivity contribution in [1.82, 2.24) is 46.5 Å². The zero-order chi connectivity index (χ0) is 40.7. The van der Waals surface area contributed by atoms with Crippen LogP contribution >= 0.6 is 0 Å². The highest BCUT2D eigenvalue weighted by Crippen LogP contribution is 2.11. The van der Waals surface area contributed by atoms with Gasteiger partial charge in [-0.1, -0.05) is 58.0 Å². The summed E-state index contributed by atoms with van der Waals surface area (Å²) in [4.78, 5) is 103. The number of H-pyrrole nitrogens is 2. The number of carbonyl (C=O) groups excluding carboxylic acids is 5. The highest BCUT2D eigenvalue weighted by atomic mass is 16.4. The lowest BCUT2D eigenvalue weighted by molar-refractivity contribution is -0.373. The first-order chi connectivity index (χ1) is 26.1. The normalized spacial score (nSPS) is 13.4. The Balaban J connectivity index is 1.64. The number of nitrogens with one attached hydrogen (secondary N) is 7. The molecule has 0 fully saturated rings. The summed E-state index contributed by atoms with van der Waals surface area (Å²) in [6, 6.07) is 5.08. The molecule has 0 spiro atoms. The van der Waals surface area contributed by atoms with Crippen LogP contribution in [0.25, 0.3) is 0 Å². The van der Waals surface area contributed by atoms with Gasteiger partial charge in [0.15, 0.2) is 17.2 Å². The maximum absolute atomic E-state index is 13.4. The van der Waals surface area contributed by atoms with Crippen LogP contribution in [-0.2, 0) is 20.8 Å². The number of Topliss-reactive ketones (excluding diaryl/α,β-unsaturated/α-hetero) is 1. The van der Waals surface area contributed by atoms with Crippen LogP contribution in [0.3, 0.4) is 0 Å². The van der Waals surface area contributed by atoms with Crippen LogP contribution in [0.4, 0.5) is 0 Å². The average Bonchev–Trinajstić information content (AvgIpc) is 3.82. The summed E-state index contributed by atoms with van der Waals surface area (Å²) in [5.74, 6) is -6.08. The number of quaternary nitrogens is 1. The number of hydrogen-bond donors (Lipinski definition) is 10. The van der Waals surface area contributed by atoms with E-state index in [9.17, 15) is 43.8 Å². The number of aromatic amines is 2. The molecule has 0 saturated heterocycles. The second-order valence-electron chi connectivity index (χ2n) is 13.9. The Labute approximate surface area is 317 Å². The number of nitrogens with zero attached hydrogens (tertiary/aromatic N) is 2. The predicted octanol–water partition coefficient (Wildman–Crippen LogP) is -0.479. The van der Waals surface area contributed by atoms with Gasteiger partial charge in [-0.25, -0.2) is 14.8 Å². The number of aromatic nitrogens is 4. The molecule has 19 nitrogen and oxygen atoms in total. The van der Waals surface area contributed by atoms with Crippen molar-refractivity contribution in [2.45, 2.75) is 77.5 Å². The van der Waals surface area contributed by atoms with E-state index < -0.39 is 72.4 Å². The highest BCUT2D eigenvalue weighted by Gasteiger charge is 2.30. The smallest absolute Gasteiger partial charge is 0.326 e. The Morgan fingerprint density at radius 1 is 0.709 bits per heavy atom. The zero-order valence-corrected chi connectivity index (χ0v) is 31.3. The Morgan fingerprint density at radius 2 is 1.22 bits per heavy atom. The first-order valence-corrected chi connectivity index (χ1v) is 17.9. The van der Waals surface area contributed by atoms with Gasteiger partial charge in [-0.2, -0.15) is 0 Å².